The predicted molar refractivity (Wildman–Crippen MR) is 244 cm³/mol. The number of rotatable bonds is 49. The van der Waals surface area contributed by atoms with E-state index in [9.17, 15) is 39.3 Å². The van der Waals surface area contributed by atoms with Crippen molar-refractivity contribution in [2.24, 2.45) is 0 Å². The highest BCUT2D eigenvalue weighted by Crippen LogP contribution is 2.14. The molecule has 0 spiro atoms. The normalized spacial score (nSPS) is 11.9. The van der Waals surface area contributed by atoms with Gasteiger partial charge in [0, 0.05) is 26.3 Å². The largest absolute Gasteiger partial charge is 0.480 e. The number of carbonyl (C=O) groups is 5. The number of aliphatic carboxylic acids is 3. The quantitative estimate of drug-likeness (QED) is 0.0387. The Morgan fingerprint density at radius 3 is 1.11 bits per heavy atom. The highest BCUT2D eigenvalue weighted by molar-refractivity contribution is 5.78. The third kappa shape index (κ3) is 41.2. The van der Waals surface area contributed by atoms with Crippen molar-refractivity contribution in [2.75, 3.05) is 72.4 Å². The summed E-state index contributed by atoms with van der Waals surface area (Å²) in [6, 6.07) is -1.29. The molecule has 364 valence electrons. The van der Waals surface area contributed by atoms with Crippen molar-refractivity contribution in [1.82, 2.24) is 9.80 Å². The van der Waals surface area contributed by atoms with Crippen molar-refractivity contribution in [2.45, 2.75) is 206 Å². The fraction of sp³-hybridized carbons (Fsp3) is 0.896. The van der Waals surface area contributed by atoms with E-state index in [1.807, 2.05) is 4.90 Å². The van der Waals surface area contributed by atoms with Gasteiger partial charge in [-0.1, -0.05) is 162 Å². The molecule has 1 atom stereocenters. The van der Waals surface area contributed by atoms with Gasteiger partial charge < -0.3 is 39.2 Å². The highest BCUT2D eigenvalue weighted by atomic mass is 16.6. The van der Waals surface area contributed by atoms with Crippen LogP contribution in [0.5, 0.6) is 0 Å². The van der Waals surface area contributed by atoms with E-state index in [1.165, 1.54) is 128 Å². The van der Waals surface area contributed by atoms with Crippen LogP contribution in [0.15, 0.2) is 0 Å². The lowest BCUT2D eigenvalue weighted by molar-refractivity contribution is -0.150. The minimum atomic E-state index is -1.32. The third-order valence-corrected chi connectivity index (χ3v) is 11.1. The standard InChI is InChI=1S/C48H90N2O12/c1-3-5-7-9-11-13-15-17-19-21-23-27-35-59-37-39-61-46(55)30-33-49(32-26-25-29-43(48(57)58)50(41-44(51)52)42-45(53)54)34-31-47(56)62-40-38-60-36-28-24-22-20-18-16-14-12-10-8-6-4-2/h43H,3-42H2,1-2H3,(H,51,52)(H,53,54)(H,57,58). The molecule has 0 bridgehead atoms. The first-order chi connectivity index (χ1) is 30.1. The number of hydrogen-bond acceptors (Lipinski definition) is 11. The molecule has 0 aromatic carbocycles. The molecule has 14 nitrogen and oxygen atoms in total. The SMILES string of the molecule is CCCCCCCCCCCCCCOCCOC(=O)CCN(CCCCC(C(=O)O)N(CC(=O)O)CC(=O)O)CCC(=O)OCCOCCCCCCCCCCCCCC. The molecular formula is C48H90N2O12. The van der Waals surface area contributed by atoms with Gasteiger partial charge in [0.2, 0.25) is 0 Å². The Bertz CT molecular complexity index is 1030. The van der Waals surface area contributed by atoms with Gasteiger partial charge in [-0.15, -0.1) is 0 Å². The second-order valence-corrected chi connectivity index (χ2v) is 16.8. The summed E-state index contributed by atoms with van der Waals surface area (Å²) in [6.45, 7) is 6.34. The van der Waals surface area contributed by atoms with Crippen LogP contribution in [0, 0.1) is 0 Å². The molecule has 14 heteroatoms. The number of carboxylic acids is 3. The third-order valence-electron chi connectivity index (χ3n) is 11.1. The molecule has 62 heavy (non-hydrogen) atoms. The number of nitrogens with zero attached hydrogens (tertiary/aromatic N) is 2. The summed E-state index contributed by atoms with van der Waals surface area (Å²) < 4.78 is 22.1. The van der Waals surface area contributed by atoms with Crippen LogP contribution < -0.4 is 0 Å². The van der Waals surface area contributed by atoms with E-state index in [0.717, 1.165) is 30.6 Å². The first-order valence-electron chi connectivity index (χ1n) is 24.7. The minimum Gasteiger partial charge on any atom is -0.480 e. The summed E-state index contributed by atoms with van der Waals surface area (Å²) in [5.41, 5.74) is 0. The number of carboxylic acid groups (broad SMARTS) is 3. The van der Waals surface area contributed by atoms with Crippen LogP contribution in [-0.4, -0.2) is 133 Å². The Morgan fingerprint density at radius 2 is 0.774 bits per heavy atom. The summed E-state index contributed by atoms with van der Waals surface area (Å²) >= 11 is 0. The van der Waals surface area contributed by atoms with Crippen molar-refractivity contribution in [3.8, 4) is 0 Å². The molecule has 0 heterocycles. The molecule has 1 unspecified atom stereocenters. The molecule has 0 amide bonds. The van der Waals surface area contributed by atoms with Crippen LogP contribution >= 0.6 is 0 Å². The van der Waals surface area contributed by atoms with Crippen molar-refractivity contribution >= 4 is 29.8 Å². The molecule has 0 saturated carbocycles. The van der Waals surface area contributed by atoms with Crippen LogP contribution in [0.3, 0.4) is 0 Å². The Labute approximate surface area is 375 Å². The molecule has 0 saturated heterocycles. The Hall–Kier alpha value is -2.81. The van der Waals surface area contributed by atoms with Crippen molar-refractivity contribution in [1.29, 1.82) is 0 Å². The fourth-order valence-corrected chi connectivity index (χ4v) is 7.46. The second kappa shape index (κ2) is 44.8. The van der Waals surface area contributed by atoms with Crippen molar-refractivity contribution in [3.05, 3.63) is 0 Å². The lowest BCUT2D eigenvalue weighted by atomic mass is 10.1. The summed E-state index contributed by atoms with van der Waals surface area (Å²) in [5.74, 6) is -4.72. The Balaban J connectivity index is 4.53. The van der Waals surface area contributed by atoms with Crippen molar-refractivity contribution in [3.63, 3.8) is 0 Å². The number of carbonyl (C=O) groups excluding carboxylic acids is 2. The zero-order chi connectivity index (χ0) is 45.7. The van der Waals surface area contributed by atoms with E-state index in [-0.39, 0.29) is 44.4 Å². The molecule has 0 aromatic heterocycles. The summed E-state index contributed by atoms with van der Waals surface area (Å²) in [4.78, 5) is 62.5. The molecule has 3 N–H and O–H groups in total. The first-order valence-corrected chi connectivity index (χ1v) is 24.7. The maximum absolute atomic E-state index is 12.6. The zero-order valence-corrected chi connectivity index (χ0v) is 39.3. The van der Waals surface area contributed by atoms with Gasteiger partial charge in [-0.3, -0.25) is 28.9 Å². The summed E-state index contributed by atoms with van der Waals surface area (Å²) in [7, 11) is 0. The van der Waals surface area contributed by atoms with Gasteiger partial charge in [0.25, 0.3) is 0 Å². The Kier molecular flexibility index (Phi) is 42.8. The van der Waals surface area contributed by atoms with E-state index >= 15 is 0 Å². The molecule has 0 radical (unpaired) electrons. The van der Waals surface area contributed by atoms with E-state index in [4.69, 9.17) is 18.9 Å². The molecular weight excluding hydrogens is 797 g/mol. The van der Waals surface area contributed by atoms with Gasteiger partial charge >= 0.3 is 29.8 Å². The molecule has 0 aromatic rings. The maximum Gasteiger partial charge on any atom is 0.320 e. The van der Waals surface area contributed by atoms with Gasteiger partial charge in [0.1, 0.15) is 19.3 Å². The van der Waals surface area contributed by atoms with Crippen LogP contribution in [0.1, 0.15) is 200 Å². The lowest BCUT2D eigenvalue weighted by Crippen LogP contribution is -2.46. The predicted octanol–water partition coefficient (Wildman–Crippen LogP) is 9.69. The zero-order valence-electron chi connectivity index (χ0n) is 39.3. The van der Waals surface area contributed by atoms with Crippen LogP contribution in [0.2, 0.25) is 0 Å². The van der Waals surface area contributed by atoms with E-state index in [2.05, 4.69) is 13.8 Å². The minimum absolute atomic E-state index is 0.0341. The highest BCUT2D eigenvalue weighted by Gasteiger charge is 2.28. The van der Waals surface area contributed by atoms with Gasteiger partial charge in [-0.25, -0.2) is 0 Å². The average molecular weight is 887 g/mol. The number of ether oxygens (including phenoxy) is 4. The lowest BCUT2D eigenvalue weighted by Gasteiger charge is -2.26. The van der Waals surface area contributed by atoms with Gasteiger partial charge in [-0.05, 0) is 32.2 Å². The van der Waals surface area contributed by atoms with Crippen molar-refractivity contribution < 1.29 is 58.2 Å². The second-order valence-electron chi connectivity index (χ2n) is 16.8. The first kappa shape index (κ1) is 59.2. The smallest absolute Gasteiger partial charge is 0.320 e. The molecule has 0 rings (SSSR count). The van der Waals surface area contributed by atoms with Gasteiger partial charge in [0.15, 0.2) is 0 Å². The average Bonchev–Trinajstić information content (AvgIpc) is 3.23. The molecule has 0 fully saturated rings. The molecule has 0 aliphatic carbocycles. The fourth-order valence-electron chi connectivity index (χ4n) is 7.46. The van der Waals surface area contributed by atoms with E-state index in [1.54, 1.807) is 0 Å². The summed E-state index contributed by atoms with van der Waals surface area (Å²) in [5, 5.41) is 28.1. The topological polar surface area (TPSA) is 189 Å². The van der Waals surface area contributed by atoms with Crippen LogP contribution in [-0.2, 0) is 42.9 Å². The van der Waals surface area contributed by atoms with Gasteiger partial charge in [0.05, 0.1) is 39.1 Å². The monoisotopic (exact) mass is 887 g/mol. The van der Waals surface area contributed by atoms with E-state index in [0.29, 0.717) is 58.9 Å². The maximum atomic E-state index is 12.6. The Morgan fingerprint density at radius 1 is 0.419 bits per heavy atom. The summed E-state index contributed by atoms with van der Waals surface area (Å²) in [6.07, 6.45) is 31.6. The van der Waals surface area contributed by atoms with E-state index < -0.39 is 37.0 Å². The van der Waals surface area contributed by atoms with Gasteiger partial charge in [-0.2, -0.15) is 0 Å². The van der Waals surface area contributed by atoms with Crippen LogP contribution in [0.25, 0.3) is 0 Å². The molecule has 0 aliphatic rings. The molecule has 0 aliphatic heterocycles. The number of hydrogen-bond donors (Lipinski definition) is 3. The number of unbranched alkanes of at least 4 members (excludes halogenated alkanes) is 23. The number of esters is 2. The van der Waals surface area contributed by atoms with Crippen LogP contribution in [0.4, 0.5) is 0 Å².